The molecule has 0 saturated heterocycles. The zero-order chi connectivity index (χ0) is 17.9. The average Bonchev–Trinajstić information content (AvgIpc) is 2.56. The minimum absolute atomic E-state index is 0.335. The van der Waals surface area contributed by atoms with Gasteiger partial charge in [-0.1, -0.05) is 37.4 Å². The second-order valence-electron chi connectivity index (χ2n) is 5.86. The summed E-state index contributed by atoms with van der Waals surface area (Å²) in [4.78, 5) is 22.5. The van der Waals surface area contributed by atoms with Crippen LogP contribution in [-0.2, 0) is 31.9 Å². The van der Waals surface area contributed by atoms with E-state index in [0.29, 0.717) is 24.4 Å². The van der Waals surface area contributed by atoms with E-state index in [1.165, 1.54) is 11.1 Å². The monoisotopic (exact) mass is 330 g/mol. The Hall–Kier alpha value is -2.36. The topological polar surface area (TPSA) is 52.6 Å². The Labute approximate surface area is 144 Å². The molecule has 0 saturated carbocycles. The maximum atomic E-state index is 11.2. The molecule has 1 aromatic rings. The number of hydrogen-bond acceptors (Lipinski definition) is 4. The third kappa shape index (κ3) is 7.77. The molecule has 1 rings (SSSR count). The summed E-state index contributed by atoms with van der Waals surface area (Å²) in [6.45, 7) is 11.2. The van der Waals surface area contributed by atoms with Gasteiger partial charge < -0.3 is 9.47 Å². The summed E-state index contributed by atoms with van der Waals surface area (Å²) >= 11 is 0. The van der Waals surface area contributed by atoms with Crippen molar-refractivity contribution in [3.8, 4) is 0 Å². The molecule has 130 valence electrons. The van der Waals surface area contributed by atoms with E-state index in [1.54, 1.807) is 13.8 Å². The first-order chi connectivity index (χ1) is 11.4. The van der Waals surface area contributed by atoms with E-state index in [1.807, 2.05) is 0 Å². The summed E-state index contributed by atoms with van der Waals surface area (Å²) in [6, 6.07) is 8.32. The Balaban J connectivity index is 2.23. The highest BCUT2D eigenvalue weighted by atomic mass is 16.5. The molecule has 0 radical (unpaired) electrons. The van der Waals surface area contributed by atoms with Gasteiger partial charge in [-0.15, -0.1) is 0 Å². The summed E-state index contributed by atoms with van der Waals surface area (Å²) in [5.74, 6) is -0.671. The molecule has 0 aromatic heterocycles. The molecular formula is C20H26O4. The van der Waals surface area contributed by atoms with E-state index >= 15 is 0 Å². The molecule has 0 aliphatic carbocycles. The highest BCUT2D eigenvalue weighted by Gasteiger charge is 2.04. The number of hydrogen-bond donors (Lipinski definition) is 0. The van der Waals surface area contributed by atoms with E-state index in [2.05, 4.69) is 37.4 Å². The minimum atomic E-state index is -0.335. The summed E-state index contributed by atoms with van der Waals surface area (Å²) in [7, 11) is 0. The number of ether oxygens (including phenoxy) is 2. The maximum Gasteiger partial charge on any atom is 0.333 e. The van der Waals surface area contributed by atoms with Gasteiger partial charge in [0.1, 0.15) is 0 Å². The lowest BCUT2D eigenvalue weighted by atomic mass is 10.0. The molecule has 0 bridgehead atoms. The molecule has 24 heavy (non-hydrogen) atoms. The normalized spacial score (nSPS) is 10.1. The van der Waals surface area contributed by atoms with E-state index in [9.17, 15) is 9.59 Å². The maximum absolute atomic E-state index is 11.2. The van der Waals surface area contributed by atoms with Gasteiger partial charge in [0, 0.05) is 11.1 Å². The van der Waals surface area contributed by atoms with Crippen molar-refractivity contribution in [1.29, 1.82) is 0 Å². The molecule has 0 unspecified atom stereocenters. The first-order valence-corrected chi connectivity index (χ1v) is 8.13. The van der Waals surface area contributed by atoms with E-state index in [0.717, 1.165) is 25.7 Å². The van der Waals surface area contributed by atoms with Gasteiger partial charge >= 0.3 is 11.9 Å². The van der Waals surface area contributed by atoms with Crippen LogP contribution in [0, 0.1) is 0 Å². The van der Waals surface area contributed by atoms with Crippen LogP contribution in [0.15, 0.2) is 48.6 Å². The van der Waals surface area contributed by atoms with Crippen molar-refractivity contribution in [3.63, 3.8) is 0 Å². The van der Waals surface area contributed by atoms with Gasteiger partial charge in [-0.25, -0.2) is 9.59 Å². The summed E-state index contributed by atoms with van der Waals surface area (Å²) < 4.78 is 10.1. The smallest absolute Gasteiger partial charge is 0.333 e. The third-order valence-electron chi connectivity index (χ3n) is 3.41. The fourth-order valence-electron chi connectivity index (χ4n) is 2.00. The van der Waals surface area contributed by atoms with Crippen LogP contribution in [0.4, 0.5) is 0 Å². The Kier molecular flexibility index (Phi) is 8.55. The van der Waals surface area contributed by atoms with Gasteiger partial charge in [0.15, 0.2) is 0 Å². The molecule has 0 amide bonds. The van der Waals surface area contributed by atoms with Gasteiger partial charge in [-0.2, -0.15) is 0 Å². The Morgan fingerprint density at radius 2 is 1.12 bits per heavy atom. The fourth-order valence-corrected chi connectivity index (χ4v) is 2.00. The van der Waals surface area contributed by atoms with E-state index < -0.39 is 0 Å². The van der Waals surface area contributed by atoms with Gasteiger partial charge in [0.25, 0.3) is 0 Å². The molecule has 0 fully saturated rings. The van der Waals surface area contributed by atoms with Crippen molar-refractivity contribution in [2.24, 2.45) is 0 Å². The predicted octanol–water partition coefficient (Wildman–Crippen LogP) is 3.79. The van der Waals surface area contributed by atoms with Crippen molar-refractivity contribution in [1.82, 2.24) is 0 Å². The Morgan fingerprint density at radius 1 is 0.792 bits per heavy atom. The zero-order valence-electron chi connectivity index (χ0n) is 14.6. The Bertz CT molecular complexity index is 531. The van der Waals surface area contributed by atoms with E-state index in [-0.39, 0.29) is 11.9 Å². The SMILES string of the molecule is C=C(C)C(=O)OCCCc1ccc(CCCOC(=O)C(=C)C)cc1. The van der Waals surface area contributed by atoms with E-state index in [4.69, 9.17) is 9.47 Å². The number of carbonyl (C=O) groups is 2. The second-order valence-corrected chi connectivity index (χ2v) is 5.86. The van der Waals surface area contributed by atoms with Crippen LogP contribution in [0.25, 0.3) is 0 Å². The van der Waals surface area contributed by atoms with Crippen LogP contribution < -0.4 is 0 Å². The van der Waals surface area contributed by atoms with Crippen LogP contribution in [0.2, 0.25) is 0 Å². The molecular weight excluding hydrogens is 304 g/mol. The largest absolute Gasteiger partial charge is 0.462 e. The molecule has 0 aliphatic rings. The van der Waals surface area contributed by atoms with Crippen LogP contribution in [0.5, 0.6) is 0 Å². The lowest BCUT2D eigenvalue weighted by molar-refractivity contribution is -0.139. The first kappa shape index (κ1) is 19.7. The van der Waals surface area contributed by atoms with Crippen molar-refractivity contribution in [2.45, 2.75) is 39.5 Å². The molecule has 0 aliphatic heterocycles. The molecule has 0 N–H and O–H groups in total. The molecule has 4 nitrogen and oxygen atoms in total. The number of rotatable bonds is 10. The van der Waals surface area contributed by atoms with Crippen molar-refractivity contribution < 1.29 is 19.1 Å². The summed E-state index contributed by atoms with van der Waals surface area (Å²) in [5.41, 5.74) is 3.26. The van der Waals surface area contributed by atoms with Crippen LogP contribution in [0.3, 0.4) is 0 Å². The predicted molar refractivity (Wildman–Crippen MR) is 94.6 cm³/mol. The minimum Gasteiger partial charge on any atom is -0.462 e. The van der Waals surface area contributed by atoms with Crippen molar-refractivity contribution in [3.05, 3.63) is 59.7 Å². The van der Waals surface area contributed by atoms with Gasteiger partial charge in [0.05, 0.1) is 13.2 Å². The average molecular weight is 330 g/mol. The molecule has 0 heterocycles. The van der Waals surface area contributed by atoms with Crippen molar-refractivity contribution >= 4 is 11.9 Å². The van der Waals surface area contributed by atoms with Gasteiger partial charge in [0.2, 0.25) is 0 Å². The number of benzene rings is 1. The Morgan fingerprint density at radius 3 is 1.42 bits per heavy atom. The molecule has 0 spiro atoms. The van der Waals surface area contributed by atoms with Crippen LogP contribution >= 0.6 is 0 Å². The summed E-state index contributed by atoms with van der Waals surface area (Å²) in [6.07, 6.45) is 3.30. The number of carbonyl (C=O) groups excluding carboxylic acids is 2. The lowest BCUT2D eigenvalue weighted by Crippen LogP contribution is -2.07. The molecule has 1 aromatic carbocycles. The standard InChI is InChI=1S/C20H26O4/c1-15(2)19(21)23-13-5-7-17-9-11-18(12-10-17)8-6-14-24-20(22)16(3)4/h9-12H,1,3,5-8,13-14H2,2,4H3. The van der Waals surface area contributed by atoms with Crippen LogP contribution in [0.1, 0.15) is 37.8 Å². The quantitative estimate of drug-likeness (QED) is 0.372. The highest BCUT2D eigenvalue weighted by molar-refractivity contribution is 5.87. The fraction of sp³-hybridized carbons (Fsp3) is 0.400. The number of aryl methyl sites for hydroxylation is 2. The van der Waals surface area contributed by atoms with Crippen molar-refractivity contribution in [2.75, 3.05) is 13.2 Å². The van der Waals surface area contributed by atoms with Crippen LogP contribution in [-0.4, -0.2) is 25.2 Å². The lowest BCUT2D eigenvalue weighted by Gasteiger charge is -2.07. The third-order valence-corrected chi connectivity index (χ3v) is 3.41. The highest BCUT2D eigenvalue weighted by Crippen LogP contribution is 2.09. The first-order valence-electron chi connectivity index (χ1n) is 8.13. The zero-order valence-corrected chi connectivity index (χ0v) is 14.6. The summed E-state index contributed by atoms with van der Waals surface area (Å²) in [5, 5.41) is 0. The molecule has 0 atom stereocenters. The molecule has 4 heteroatoms. The van der Waals surface area contributed by atoms with Gasteiger partial charge in [-0.05, 0) is 50.7 Å². The second kappa shape index (κ2) is 10.4. The number of esters is 2. The van der Waals surface area contributed by atoms with Gasteiger partial charge in [-0.3, -0.25) is 0 Å².